The van der Waals surface area contributed by atoms with Crippen molar-refractivity contribution in [3.8, 4) is 11.3 Å². The standard InChI is InChI=1S/C18H12F3N7O/c19-18(20,21)11-4-2-1-3-10(11)12-5-6-15-24-9-13(28(15)27-12)16(29)25-14-7-8-23-17(22)26-14/h1-9H,(H3,22,23,25,26,29). The molecule has 8 nitrogen and oxygen atoms in total. The molecule has 1 aromatic carbocycles. The largest absolute Gasteiger partial charge is 0.417 e. The molecule has 11 heteroatoms. The number of nitrogens with two attached hydrogens (primary N) is 1. The minimum absolute atomic E-state index is 0.0172. The van der Waals surface area contributed by atoms with Gasteiger partial charge in [-0.25, -0.2) is 14.5 Å². The van der Waals surface area contributed by atoms with E-state index in [4.69, 9.17) is 5.73 Å². The first-order valence-corrected chi connectivity index (χ1v) is 8.24. The van der Waals surface area contributed by atoms with Crippen molar-refractivity contribution in [2.45, 2.75) is 6.18 Å². The molecule has 1 amide bonds. The lowest BCUT2D eigenvalue weighted by Crippen LogP contribution is -2.17. The van der Waals surface area contributed by atoms with Gasteiger partial charge in [0.1, 0.15) is 5.82 Å². The highest BCUT2D eigenvalue weighted by Crippen LogP contribution is 2.36. The molecule has 3 aromatic heterocycles. The molecule has 3 N–H and O–H groups in total. The second-order valence-electron chi connectivity index (χ2n) is 5.93. The number of anilines is 2. The lowest BCUT2D eigenvalue weighted by atomic mass is 10.0. The van der Waals surface area contributed by atoms with Crippen LogP contribution in [0.1, 0.15) is 16.1 Å². The Morgan fingerprint density at radius 1 is 1.07 bits per heavy atom. The summed E-state index contributed by atoms with van der Waals surface area (Å²) in [5.41, 5.74) is 4.91. The Bertz CT molecular complexity index is 1220. The van der Waals surface area contributed by atoms with E-state index in [1.807, 2.05) is 0 Å². The number of benzene rings is 1. The number of imidazole rings is 1. The van der Waals surface area contributed by atoms with Gasteiger partial charge >= 0.3 is 6.18 Å². The molecule has 0 atom stereocenters. The number of carbonyl (C=O) groups is 1. The van der Waals surface area contributed by atoms with Crippen molar-refractivity contribution in [2.75, 3.05) is 11.1 Å². The van der Waals surface area contributed by atoms with Crippen LogP contribution in [0.2, 0.25) is 0 Å². The molecule has 0 aliphatic heterocycles. The van der Waals surface area contributed by atoms with Crippen LogP contribution in [0.25, 0.3) is 16.9 Å². The number of amides is 1. The summed E-state index contributed by atoms with van der Waals surface area (Å²) < 4.78 is 41.2. The number of hydrogen-bond acceptors (Lipinski definition) is 6. The van der Waals surface area contributed by atoms with Gasteiger partial charge in [0.25, 0.3) is 5.91 Å². The third kappa shape index (κ3) is 3.57. The summed E-state index contributed by atoms with van der Waals surface area (Å²) in [5, 5.41) is 6.72. The van der Waals surface area contributed by atoms with Crippen molar-refractivity contribution in [3.05, 3.63) is 66.1 Å². The average molecular weight is 399 g/mol. The summed E-state index contributed by atoms with van der Waals surface area (Å²) in [5.74, 6) is -0.467. The number of nitrogens with one attached hydrogen (secondary N) is 1. The Morgan fingerprint density at radius 3 is 2.62 bits per heavy atom. The number of alkyl halides is 3. The topological polar surface area (TPSA) is 111 Å². The first-order chi connectivity index (χ1) is 13.8. The average Bonchev–Trinajstić information content (AvgIpc) is 3.10. The SMILES string of the molecule is Nc1nccc(NC(=O)c2cnc3ccc(-c4ccccc4C(F)(F)F)nn23)n1. The molecule has 4 aromatic rings. The predicted molar refractivity (Wildman–Crippen MR) is 97.8 cm³/mol. The van der Waals surface area contributed by atoms with E-state index >= 15 is 0 Å². The number of carbonyl (C=O) groups excluding carboxylic acids is 1. The molecule has 29 heavy (non-hydrogen) atoms. The first kappa shape index (κ1) is 18.3. The molecule has 0 radical (unpaired) electrons. The van der Waals surface area contributed by atoms with Crippen molar-refractivity contribution in [1.82, 2.24) is 24.6 Å². The number of rotatable bonds is 3. The summed E-state index contributed by atoms with van der Waals surface area (Å²) in [6.45, 7) is 0. The summed E-state index contributed by atoms with van der Waals surface area (Å²) in [6, 6.07) is 9.41. The second kappa shape index (κ2) is 6.86. The Hall–Kier alpha value is -4.02. The van der Waals surface area contributed by atoms with E-state index in [9.17, 15) is 18.0 Å². The van der Waals surface area contributed by atoms with E-state index in [-0.39, 0.29) is 28.7 Å². The molecular formula is C18H12F3N7O. The maximum absolute atomic E-state index is 13.3. The molecule has 3 heterocycles. The monoisotopic (exact) mass is 399 g/mol. The Balaban J connectivity index is 1.75. The highest BCUT2D eigenvalue weighted by Gasteiger charge is 2.33. The summed E-state index contributed by atoms with van der Waals surface area (Å²) in [4.78, 5) is 24.2. The maximum atomic E-state index is 13.3. The van der Waals surface area contributed by atoms with E-state index in [2.05, 4.69) is 25.4 Å². The molecule has 0 bridgehead atoms. The fraction of sp³-hybridized carbons (Fsp3) is 0.0556. The van der Waals surface area contributed by atoms with Crippen LogP contribution >= 0.6 is 0 Å². The van der Waals surface area contributed by atoms with E-state index in [1.165, 1.54) is 53.3 Å². The number of halogens is 3. The highest BCUT2D eigenvalue weighted by atomic mass is 19.4. The van der Waals surface area contributed by atoms with Gasteiger partial charge in [-0.2, -0.15) is 23.3 Å². The van der Waals surface area contributed by atoms with E-state index in [0.29, 0.717) is 5.65 Å². The van der Waals surface area contributed by atoms with Crippen molar-refractivity contribution in [2.24, 2.45) is 0 Å². The van der Waals surface area contributed by atoms with Crippen LogP contribution in [0.4, 0.5) is 24.9 Å². The van der Waals surface area contributed by atoms with Crippen molar-refractivity contribution in [3.63, 3.8) is 0 Å². The smallest absolute Gasteiger partial charge is 0.368 e. The molecular weight excluding hydrogens is 387 g/mol. The molecule has 4 rings (SSSR count). The van der Waals surface area contributed by atoms with Gasteiger partial charge in [-0.3, -0.25) is 4.79 Å². The third-order valence-electron chi connectivity index (χ3n) is 4.02. The van der Waals surface area contributed by atoms with E-state index in [1.54, 1.807) is 0 Å². The van der Waals surface area contributed by atoms with Crippen LogP contribution in [0.5, 0.6) is 0 Å². The van der Waals surface area contributed by atoms with Gasteiger partial charge in [0, 0.05) is 11.8 Å². The lowest BCUT2D eigenvalue weighted by molar-refractivity contribution is -0.137. The van der Waals surface area contributed by atoms with E-state index < -0.39 is 17.6 Å². The summed E-state index contributed by atoms with van der Waals surface area (Å²) in [6.07, 6.45) is -1.91. The van der Waals surface area contributed by atoms with E-state index in [0.717, 1.165) is 6.07 Å². The number of hydrogen-bond donors (Lipinski definition) is 2. The van der Waals surface area contributed by atoms with Gasteiger partial charge in [-0.15, -0.1) is 0 Å². The van der Waals surface area contributed by atoms with Crippen LogP contribution < -0.4 is 11.1 Å². The Labute approximate surface area is 161 Å². The van der Waals surface area contributed by atoms with Gasteiger partial charge in [0.05, 0.1) is 17.5 Å². The Kier molecular flexibility index (Phi) is 4.34. The molecule has 0 saturated heterocycles. The molecule has 0 aliphatic rings. The summed E-state index contributed by atoms with van der Waals surface area (Å²) in [7, 11) is 0. The van der Waals surface area contributed by atoms with Gasteiger partial charge < -0.3 is 11.1 Å². The second-order valence-corrected chi connectivity index (χ2v) is 5.93. The first-order valence-electron chi connectivity index (χ1n) is 8.24. The van der Waals surface area contributed by atoms with Crippen LogP contribution in [-0.4, -0.2) is 30.5 Å². The minimum Gasteiger partial charge on any atom is -0.368 e. The van der Waals surface area contributed by atoms with Crippen molar-refractivity contribution < 1.29 is 18.0 Å². The number of nitrogen functional groups attached to an aromatic ring is 1. The van der Waals surface area contributed by atoms with Gasteiger partial charge in [0.15, 0.2) is 11.3 Å². The fourth-order valence-corrected chi connectivity index (χ4v) is 2.75. The molecule has 0 saturated carbocycles. The van der Waals surface area contributed by atoms with Gasteiger partial charge in [-0.05, 0) is 24.3 Å². The quantitative estimate of drug-likeness (QED) is 0.548. The predicted octanol–water partition coefficient (Wildman–Crippen LogP) is 3.04. The van der Waals surface area contributed by atoms with Gasteiger partial charge in [-0.1, -0.05) is 18.2 Å². The van der Waals surface area contributed by atoms with Crippen molar-refractivity contribution >= 4 is 23.3 Å². The number of aromatic nitrogens is 5. The minimum atomic E-state index is -4.55. The highest BCUT2D eigenvalue weighted by molar-refractivity contribution is 6.02. The molecule has 0 unspecified atom stereocenters. The van der Waals surface area contributed by atoms with Gasteiger partial charge in [0.2, 0.25) is 5.95 Å². The normalized spacial score (nSPS) is 11.6. The Morgan fingerprint density at radius 2 is 1.86 bits per heavy atom. The number of fused-ring (bicyclic) bond motifs is 1. The maximum Gasteiger partial charge on any atom is 0.417 e. The molecule has 146 valence electrons. The molecule has 0 aliphatic carbocycles. The zero-order valence-electron chi connectivity index (χ0n) is 14.6. The summed E-state index contributed by atoms with van der Waals surface area (Å²) >= 11 is 0. The van der Waals surface area contributed by atoms with Crippen molar-refractivity contribution in [1.29, 1.82) is 0 Å². The fourth-order valence-electron chi connectivity index (χ4n) is 2.75. The zero-order valence-corrected chi connectivity index (χ0v) is 14.6. The van der Waals surface area contributed by atoms with Crippen LogP contribution in [0, 0.1) is 0 Å². The van der Waals surface area contributed by atoms with Crippen LogP contribution in [0.3, 0.4) is 0 Å². The molecule has 0 fully saturated rings. The zero-order chi connectivity index (χ0) is 20.6. The molecule has 0 spiro atoms. The lowest BCUT2D eigenvalue weighted by Gasteiger charge is -2.12. The third-order valence-corrected chi connectivity index (χ3v) is 4.02. The number of nitrogens with zero attached hydrogens (tertiary/aromatic N) is 5. The van der Waals surface area contributed by atoms with Crippen LogP contribution in [0.15, 0.2) is 54.9 Å². The van der Waals surface area contributed by atoms with Crippen LogP contribution in [-0.2, 0) is 6.18 Å².